The number of carboxylic acids is 1. The summed E-state index contributed by atoms with van der Waals surface area (Å²) in [5, 5.41) is 8.33. The van der Waals surface area contributed by atoms with Crippen molar-refractivity contribution < 1.29 is 19.0 Å². The summed E-state index contributed by atoms with van der Waals surface area (Å²) in [4.78, 5) is 10.2. The van der Waals surface area contributed by atoms with E-state index in [1.54, 1.807) is 0 Å². The Morgan fingerprint density at radius 1 is 1.75 bits per heavy atom. The predicted octanol–water partition coefficient (Wildman–Crippen LogP) is 1.23. The zero-order chi connectivity index (χ0) is 8.97. The number of rotatable bonds is 3. The van der Waals surface area contributed by atoms with Crippen LogP contribution in [0.3, 0.4) is 0 Å². The van der Waals surface area contributed by atoms with Gasteiger partial charge in [-0.05, 0) is 12.8 Å². The molecule has 3 nitrogen and oxygen atoms in total. The number of hydrogen-bond donors (Lipinski definition) is 1. The average Bonchev–Trinajstić information content (AvgIpc) is 2.05. The highest BCUT2D eigenvalue weighted by molar-refractivity contribution is 5.67. The van der Waals surface area contributed by atoms with E-state index in [9.17, 15) is 9.18 Å². The van der Waals surface area contributed by atoms with Gasteiger partial charge in [0.25, 0.3) is 0 Å². The van der Waals surface area contributed by atoms with Gasteiger partial charge in [-0.1, -0.05) is 0 Å². The molecule has 1 fully saturated rings. The first-order chi connectivity index (χ1) is 5.70. The molecule has 0 radical (unpaired) electrons. The summed E-state index contributed by atoms with van der Waals surface area (Å²) < 4.78 is 18.1. The smallest absolute Gasteiger partial charge is 0.306 e. The maximum absolute atomic E-state index is 13.1. The van der Waals surface area contributed by atoms with Crippen molar-refractivity contribution in [1.82, 2.24) is 0 Å². The van der Waals surface area contributed by atoms with Crippen molar-refractivity contribution in [3.05, 3.63) is 0 Å². The number of ether oxygens (including phenoxy) is 1. The lowest BCUT2D eigenvalue weighted by atomic mass is 9.95. The summed E-state index contributed by atoms with van der Waals surface area (Å²) in [5.74, 6) is -1.29. The molecule has 2 atom stereocenters. The fourth-order valence-corrected chi connectivity index (χ4v) is 1.38. The van der Waals surface area contributed by atoms with Crippen molar-refractivity contribution in [2.24, 2.45) is 5.92 Å². The van der Waals surface area contributed by atoms with Crippen molar-refractivity contribution in [3.8, 4) is 0 Å². The maximum atomic E-state index is 13.1. The highest BCUT2D eigenvalue weighted by atomic mass is 19.1. The Kier molecular flexibility index (Phi) is 3.47. The summed E-state index contributed by atoms with van der Waals surface area (Å²) in [6, 6.07) is 0. The van der Waals surface area contributed by atoms with Crippen LogP contribution >= 0.6 is 0 Å². The standard InChI is InChI=1S/C8H13FO3/c9-7(4-8(10)11)6-2-1-3-12-5-6/h6-7H,1-5H2,(H,10,11). The number of carboxylic acid groups (broad SMARTS) is 1. The molecule has 12 heavy (non-hydrogen) atoms. The quantitative estimate of drug-likeness (QED) is 0.703. The molecule has 0 amide bonds. The third-order valence-corrected chi connectivity index (χ3v) is 2.08. The normalized spacial score (nSPS) is 26.6. The van der Waals surface area contributed by atoms with E-state index < -0.39 is 18.6 Å². The van der Waals surface area contributed by atoms with Crippen LogP contribution in [0.2, 0.25) is 0 Å². The van der Waals surface area contributed by atoms with Crippen LogP contribution in [-0.2, 0) is 9.53 Å². The van der Waals surface area contributed by atoms with E-state index >= 15 is 0 Å². The molecule has 1 saturated heterocycles. The van der Waals surface area contributed by atoms with E-state index in [4.69, 9.17) is 9.84 Å². The van der Waals surface area contributed by atoms with Crippen LogP contribution in [0.4, 0.5) is 4.39 Å². The lowest BCUT2D eigenvalue weighted by molar-refractivity contribution is -0.139. The molecule has 0 saturated carbocycles. The fraction of sp³-hybridized carbons (Fsp3) is 0.875. The lowest BCUT2D eigenvalue weighted by Gasteiger charge is -2.24. The molecule has 2 unspecified atom stereocenters. The van der Waals surface area contributed by atoms with Crippen LogP contribution in [0.25, 0.3) is 0 Å². The summed E-state index contributed by atoms with van der Waals surface area (Å²) in [5.41, 5.74) is 0. The Balaban J connectivity index is 2.29. The predicted molar refractivity (Wildman–Crippen MR) is 40.7 cm³/mol. The molecule has 0 aliphatic carbocycles. The van der Waals surface area contributed by atoms with Crippen molar-refractivity contribution in [2.45, 2.75) is 25.4 Å². The molecule has 0 bridgehead atoms. The molecule has 70 valence electrons. The van der Waals surface area contributed by atoms with E-state index in [0.29, 0.717) is 13.2 Å². The Bertz CT molecular complexity index is 154. The van der Waals surface area contributed by atoms with E-state index in [2.05, 4.69) is 0 Å². The van der Waals surface area contributed by atoms with Gasteiger partial charge in [-0.2, -0.15) is 0 Å². The number of alkyl halides is 1. The van der Waals surface area contributed by atoms with E-state index in [1.807, 2.05) is 0 Å². The van der Waals surface area contributed by atoms with Crippen LogP contribution in [0.5, 0.6) is 0 Å². The molecule has 1 aliphatic rings. The second-order valence-corrected chi connectivity index (χ2v) is 3.09. The Hall–Kier alpha value is -0.640. The number of aliphatic carboxylic acids is 1. The van der Waals surface area contributed by atoms with Gasteiger partial charge < -0.3 is 9.84 Å². The minimum atomic E-state index is -1.25. The van der Waals surface area contributed by atoms with Gasteiger partial charge in [0.15, 0.2) is 0 Å². The summed E-state index contributed by atoms with van der Waals surface area (Å²) in [6.45, 7) is 1.05. The molecular weight excluding hydrogens is 163 g/mol. The summed E-state index contributed by atoms with van der Waals surface area (Å²) >= 11 is 0. The van der Waals surface area contributed by atoms with Crippen LogP contribution < -0.4 is 0 Å². The second kappa shape index (κ2) is 4.40. The first-order valence-corrected chi connectivity index (χ1v) is 4.13. The molecule has 0 aromatic carbocycles. The molecule has 1 N–H and O–H groups in total. The largest absolute Gasteiger partial charge is 0.481 e. The van der Waals surface area contributed by atoms with Gasteiger partial charge in [0, 0.05) is 12.5 Å². The second-order valence-electron chi connectivity index (χ2n) is 3.09. The van der Waals surface area contributed by atoms with Gasteiger partial charge >= 0.3 is 5.97 Å². The first kappa shape index (κ1) is 9.45. The van der Waals surface area contributed by atoms with Crippen molar-refractivity contribution in [3.63, 3.8) is 0 Å². The summed E-state index contributed by atoms with van der Waals surface area (Å²) in [7, 11) is 0. The fourth-order valence-electron chi connectivity index (χ4n) is 1.38. The third-order valence-electron chi connectivity index (χ3n) is 2.08. The maximum Gasteiger partial charge on any atom is 0.306 e. The van der Waals surface area contributed by atoms with Gasteiger partial charge in [-0.25, -0.2) is 4.39 Å². The van der Waals surface area contributed by atoms with E-state index in [-0.39, 0.29) is 5.92 Å². The van der Waals surface area contributed by atoms with Crippen LogP contribution in [0.1, 0.15) is 19.3 Å². The summed E-state index contributed by atoms with van der Waals surface area (Å²) in [6.07, 6.45) is -0.0597. The lowest BCUT2D eigenvalue weighted by Crippen LogP contribution is -2.27. The Morgan fingerprint density at radius 3 is 3.00 bits per heavy atom. The molecule has 1 rings (SSSR count). The molecule has 1 aliphatic heterocycles. The number of hydrogen-bond acceptors (Lipinski definition) is 2. The molecule has 4 heteroatoms. The van der Waals surface area contributed by atoms with Gasteiger partial charge in [-0.3, -0.25) is 4.79 Å². The Labute approximate surface area is 70.5 Å². The van der Waals surface area contributed by atoms with Gasteiger partial charge in [-0.15, -0.1) is 0 Å². The Morgan fingerprint density at radius 2 is 2.50 bits per heavy atom. The monoisotopic (exact) mass is 176 g/mol. The molecular formula is C8H13FO3. The minimum Gasteiger partial charge on any atom is -0.481 e. The topological polar surface area (TPSA) is 46.5 Å². The highest BCUT2D eigenvalue weighted by Crippen LogP contribution is 2.21. The van der Waals surface area contributed by atoms with Gasteiger partial charge in [0.05, 0.1) is 13.0 Å². The zero-order valence-electron chi connectivity index (χ0n) is 6.83. The molecule has 1 heterocycles. The molecule has 0 aromatic heterocycles. The van der Waals surface area contributed by atoms with Crippen molar-refractivity contribution in [1.29, 1.82) is 0 Å². The van der Waals surface area contributed by atoms with Crippen LogP contribution in [0, 0.1) is 5.92 Å². The number of halogens is 1. The SMILES string of the molecule is O=C(O)CC(F)C1CCCOC1. The third kappa shape index (κ3) is 2.77. The highest BCUT2D eigenvalue weighted by Gasteiger charge is 2.25. The van der Waals surface area contributed by atoms with Crippen LogP contribution in [0.15, 0.2) is 0 Å². The average molecular weight is 176 g/mol. The van der Waals surface area contributed by atoms with E-state index in [1.165, 1.54) is 0 Å². The van der Waals surface area contributed by atoms with Gasteiger partial charge in [0.1, 0.15) is 6.17 Å². The zero-order valence-corrected chi connectivity index (χ0v) is 6.83. The first-order valence-electron chi connectivity index (χ1n) is 4.13. The molecule has 0 aromatic rings. The minimum absolute atomic E-state index is 0.213. The van der Waals surface area contributed by atoms with Gasteiger partial charge in [0.2, 0.25) is 0 Å². The van der Waals surface area contributed by atoms with E-state index in [0.717, 1.165) is 12.8 Å². The number of carbonyl (C=O) groups is 1. The van der Waals surface area contributed by atoms with Crippen LogP contribution in [-0.4, -0.2) is 30.5 Å². The molecule has 0 spiro atoms. The van der Waals surface area contributed by atoms with Crippen molar-refractivity contribution in [2.75, 3.05) is 13.2 Å². The van der Waals surface area contributed by atoms with Crippen molar-refractivity contribution >= 4 is 5.97 Å².